The van der Waals surface area contributed by atoms with Gasteiger partial charge in [-0.2, -0.15) is 0 Å². The van der Waals surface area contributed by atoms with Crippen molar-refractivity contribution in [2.75, 3.05) is 7.11 Å². The van der Waals surface area contributed by atoms with E-state index >= 15 is 0 Å². The van der Waals surface area contributed by atoms with Crippen LogP contribution < -0.4 is 14.8 Å². The summed E-state index contributed by atoms with van der Waals surface area (Å²) in [5.74, 6) is 0.991. The summed E-state index contributed by atoms with van der Waals surface area (Å²) in [5, 5.41) is 5.82. The number of hydrogen-bond donors (Lipinski definition) is 1. The molecule has 0 saturated carbocycles. The van der Waals surface area contributed by atoms with Crippen LogP contribution in [0.25, 0.3) is 6.08 Å². The predicted octanol–water partition coefficient (Wildman–Crippen LogP) is 3.76. The van der Waals surface area contributed by atoms with Crippen LogP contribution in [-0.4, -0.2) is 23.0 Å². The first-order chi connectivity index (χ1) is 13.7. The molecule has 0 fully saturated rings. The first-order valence-corrected chi connectivity index (χ1v) is 9.60. The molecule has 0 saturated heterocycles. The fraction of sp³-hybridized carbons (Fsp3) is 0.190. The van der Waals surface area contributed by atoms with E-state index in [1.807, 2.05) is 42.6 Å². The van der Waals surface area contributed by atoms with Gasteiger partial charge < -0.3 is 14.8 Å². The molecular weight excluding hydrogens is 374 g/mol. The van der Waals surface area contributed by atoms with E-state index in [0.29, 0.717) is 24.8 Å². The standard InChI is InChI=1S/C21H21N3O3S/c1-15-24-18(14-28-15)13-27-19-8-4-3-6-16(19)9-10-20(25)23-12-17-7-5-11-22-21(17)26-2/h3-11,14H,12-13H2,1-2H3,(H,23,25)/b10-9+. The topological polar surface area (TPSA) is 73.3 Å². The molecule has 3 aromatic rings. The molecule has 0 atom stereocenters. The number of carbonyl (C=O) groups is 1. The molecule has 0 bridgehead atoms. The Balaban J connectivity index is 1.59. The molecule has 1 aromatic carbocycles. The van der Waals surface area contributed by atoms with Gasteiger partial charge in [-0.15, -0.1) is 11.3 Å². The first-order valence-electron chi connectivity index (χ1n) is 8.72. The maximum Gasteiger partial charge on any atom is 0.244 e. The van der Waals surface area contributed by atoms with Gasteiger partial charge >= 0.3 is 0 Å². The largest absolute Gasteiger partial charge is 0.487 e. The summed E-state index contributed by atoms with van der Waals surface area (Å²) in [7, 11) is 1.55. The Bertz CT molecular complexity index is 969. The van der Waals surface area contributed by atoms with Crippen LogP contribution in [0.2, 0.25) is 0 Å². The molecule has 7 heteroatoms. The normalized spacial score (nSPS) is 10.8. The highest BCUT2D eigenvalue weighted by molar-refractivity contribution is 7.09. The number of carbonyl (C=O) groups excluding carboxylic acids is 1. The van der Waals surface area contributed by atoms with Gasteiger partial charge in [0, 0.05) is 35.3 Å². The number of hydrogen-bond acceptors (Lipinski definition) is 6. The molecule has 0 radical (unpaired) electrons. The lowest BCUT2D eigenvalue weighted by Crippen LogP contribution is -2.20. The number of rotatable bonds is 8. The van der Waals surface area contributed by atoms with E-state index in [1.165, 1.54) is 6.08 Å². The lowest BCUT2D eigenvalue weighted by atomic mass is 10.2. The Kier molecular flexibility index (Phi) is 6.75. The zero-order chi connectivity index (χ0) is 19.8. The van der Waals surface area contributed by atoms with Crippen molar-refractivity contribution < 1.29 is 14.3 Å². The van der Waals surface area contributed by atoms with Crippen molar-refractivity contribution in [3.05, 3.63) is 75.9 Å². The Labute approximate surface area is 167 Å². The summed E-state index contributed by atoms with van der Waals surface area (Å²) in [6.45, 7) is 2.69. The average Bonchev–Trinajstić information content (AvgIpc) is 3.15. The van der Waals surface area contributed by atoms with Crippen LogP contribution in [0.15, 0.2) is 54.1 Å². The lowest BCUT2D eigenvalue weighted by Gasteiger charge is -2.08. The first kappa shape index (κ1) is 19.6. The van der Waals surface area contributed by atoms with E-state index < -0.39 is 0 Å². The monoisotopic (exact) mass is 395 g/mol. The molecule has 0 aliphatic heterocycles. The second-order valence-corrected chi connectivity index (χ2v) is 6.97. The van der Waals surface area contributed by atoms with Gasteiger partial charge in [0.2, 0.25) is 11.8 Å². The third kappa shape index (κ3) is 5.40. The fourth-order valence-electron chi connectivity index (χ4n) is 2.53. The minimum atomic E-state index is -0.212. The molecule has 2 heterocycles. The van der Waals surface area contributed by atoms with Crippen LogP contribution in [0.5, 0.6) is 11.6 Å². The maximum atomic E-state index is 12.2. The number of benzene rings is 1. The number of aryl methyl sites for hydroxylation is 1. The SMILES string of the molecule is COc1ncccc1CNC(=O)/C=C/c1ccccc1OCc1csc(C)n1. The molecule has 6 nitrogen and oxygen atoms in total. The lowest BCUT2D eigenvalue weighted by molar-refractivity contribution is -0.116. The summed E-state index contributed by atoms with van der Waals surface area (Å²) in [5.41, 5.74) is 2.53. The van der Waals surface area contributed by atoms with Crippen LogP contribution in [0, 0.1) is 6.92 Å². The van der Waals surface area contributed by atoms with Gasteiger partial charge in [-0.1, -0.05) is 24.3 Å². The number of para-hydroxylation sites is 1. The zero-order valence-electron chi connectivity index (χ0n) is 15.7. The Morgan fingerprint density at radius 1 is 1.25 bits per heavy atom. The van der Waals surface area contributed by atoms with Crippen molar-refractivity contribution in [2.45, 2.75) is 20.1 Å². The van der Waals surface area contributed by atoms with E-state index in [9.17, 15) is 4.79 Å². The quantitative estimate of drug-likeness (QED) is 0.588. The van der Waals surface area contributed by atoms with Gasteiger partial charge in [0.05, 0.1) is 17.8 Å². The summed E-state index contributed by atoms with van der Waals surface area (Å²) < 4.78 is 11.1. The molecular formula is C21H21N3O3S. The smallest absolute Gasteiger partial charge is 0.244 e. The number of aromatic nitrogens is 2. The van der Waals surface area contributed by atoms with E-state index in [1.54, 1.807) is 36.8 Å². The average molecular weight is 395 g/mol. The Morgan fingerprint density at radius 3 is 2.89 bits per heavy atom. The maximum absolute atomic E-state index is 12.2. The van der Waals surface area contributed by atoms with Gasteiger partial charge in [0.15, 0.2) is 0 Å². The van der Waals surface area contributed by atoms with Gasteiger partial charge in [0.1, 0.15) is 12.4 Å². The van der Waals surface area contributed by atoms with Crippen LogP contribution >= 0.6 is 11.3 Å². The van der Waals surface area contributed by atoms with Crippen molar-refractivity contribution >= 4 is 23.3 Å². The van der Waals surface area contributed by atoms with E-state index in [-0.39, 0.29) is 5.91 Å². The molecule has 0 aliphatic carbocycles. The minimum Gasteiger partial charge on any atom is -0.487 e. The highest BCUT2D eigenvalue weighted by Crippen LogP contribution is 2.21. The van der Waals surface area contributed by atoms with Crippen molar-refractivity contribution in [1.29, 1.82) is 0 Å². The molecule has 2 aromatic heterocycles. The fourth-order valence-corrected chi connectivity index (χ4v) is 3.12. The molecule has 3 rings (SSSR count). The third-order valence-corrected chi connectivity index (χ3v) is 4.69. The predicted molar refractivity (Wildman–Crippen MR) is 109 cm³/mol. The molecule has 144 valence electrons. The summed E-state index contributed by atoms with van der Waals surface area (Å²) in [6, 6.07) is 11.2. The van der Waals surface area contributed by atoms with Crippen molar-refractivity contribution in [3.8, 4) is 11.6 Å². The molecule has 0 aliphatic rings. The van der Waals surface area contributed by atoms with Crippen LogP contribution in [0.1, 0.15) is 21.8 Å². The number of nitrogens with one attached hydrogen (secondary N) is 1. The molecule has 28 heavy (non-hydrogen) atoms. The van der Waals surface area contributed by atoms with Gasteiger partial charge in [-0.25, -0.2) is 9.97 Å². The molecule has 1 amide bonds. The van der Waals surface area contributed by atoms with Crippen LogP contribution in [0.3, 0.4) is 0 Å². The van der Waals surface area contributed by atoms with Crippen molar-refractivity contribution in [1.82, 2.24) is 15.3 Å². The molecule has 0 unspecified atom stereocenters. The molecule has 1 N–H and O–H groups in total. The highest BCUT2D eigenvalue weighted by Gasteiger charge is 2.06. The summed E-state index contributed by atoms with van der Waals surface area (Å²) in [4.78, 5) is 20.7. The number of nitrogens with zero attached hydrogens (tertiary/aromatic N) is 2. The van der Waals surface area contributed by atoms with Crippen molar-refractivity contribution in [3.63, 3.8) is 0 Å². The van der Waals surface area contributed by atoms with E-state index in [4.69, 9.17) is 9.47 Å². The van der Waals surface area contributed by atoms with Gasteiger partial charge in [0.25, 0.3) is 0 Å². The highest BCUT2D eigenvalue weighted by atomic mass is 32.1. The zero-order valence-corrected chi connectivity index (χ0v) is 16.5. The second kappa shape index (κ2) is 9.66. The van der Waals surface area contributed by atoms with Gasteiger partial charge in [-0.05, 0) is 25.1 Å². The van der Waals surface area contributed by atoms with E-state index in [0.717, 1.165) is 21.8 Å². The number of pyridine rings is 1. The Morgan fingerprint density at radius 2 is 2.11 bits per heavy atom. The number of ether oxygens (including phenoxy) is 2. The van der Waals surface area contributed by atoms with Crippen LogP contribution in [0.4, 0.5) is 0 Å². The van der Waals surface area contributed by atoms with Crippen molar-refractivity contribution in [2.24, 2.45) is 0 Å². The van der Waals surface area contributed by atoms with Gasteiger partial charge in [-0.3, -0.25) is 4.79 Å². The Hall–Kier alpha value is -3.19. The number of amides is 1. The summed E-state index contributed by atoms with van der Waals surface area (Å²) in [6.07, 6.45) is 4.86. The third-order valence-electron chi connectivity index (χ3n) is 3.87. The second-order valence-electron chi connectivity index (χ2n) is 5.91. The van der Waals surface area contributed by atoms with E-state index in [2.05, 4.69) is 15.3 Å². The number of thiazole rings is 1. The van der Waals surface area contributed by atoms with Crippen LogP contribution in [-0.2, 0) is 17.9 Å². The number of methoxy groups -OCH3 is 1. The minimum absolute atomic E-state index is 0.212. The summed E-state index contributed by atoms with van der Waals surface area (Å²) >= 11 is 1.59. The molecule has 0 spiro atoms.